The van der Waals surface area contributed by atoms with Crippen molar-refractivity contribution in [3.63, 3.8) is 0 Å². The summed E-state index contributed by atoms with van der Waals surface area (Å²) in [7, 11) is 0. The lowest BCUT2D eigenvalue weighted by Crippen LogP contribution is -2.29. The number of aromatic nitrogens is 4. The Labute approximate surface area is 178 Å². The maximum absolute atomic E-state index is 12.8. The lowest BCUT2D eigenvalue weighted by Gasteiger charge is -2.11. The maximum atomic E-state index is 12.8. The molecule has 0 saturated heterocycles. The van der Waals surface area contributed by atoms with Gasteiger partial charge in [-0.25, -0.2) is 15.1 Å². The predicted molar refractivity (Wildman–Crippen MR) is 120 cm³/mol. The van der Waals surface area contributed by atoms with Gasteiger partial charge in [0.05, 0.1) is 28.8 Å². The first-order valence-electron chi connectivity index (χ1n) is 10.1. The molecule has 4 rings (SSSR count). The van der Waals surface area contributed by atoms with Crippen LogP contribution in [0.4, 0.5) is 0 Å². The molecule has 0 spiro atoms. The van der Waals surface area contributed by atoms with E-state index in [9.17, 15) is 9.59 Å². The van der Waals surface area contributed by atoms with Crippen molar-refractivity contribution >= 4 is 33.9 Å². The number of rotatable bonds is 6. The molecule has 4 aromatic rings. The van der Waals surface area contributed by atoms with E-state index in [1.165, 1.54) is 10.9 Å². The molecule has 0 fully saturated rings. The second-order valence-electron chi connectivity index (χ2n) is 7.59. The van der Waals surface area contributed by atoms with E-state index in [-0.39, 0.29) is 11.3 Å². The van der Waals surface area contributed by atoms with Crippen molar-refractivity contribution in [1.82, 2.24) is 25.2 Å². The summed E-state index contributed by atoms with van der Waals surface area (Å²) < 4.78 is 1.36. The van der Waals surface area contributed by atoms with Gasteiger partial charge in [-0.3, -0.25) is 14.6 Å². The number of fused-ring (bicyclic) bond motifs is 2. The summed E-state index contributed by atoms with van der Waals surface area (Å²) in [5.41, 5.74) is 4.46. The van der Waals surface area contributed by atoms with Crippen LogP contribution in [0.3, 0.4) is 0 Å². The molecule has 0 bridgehead atoms. The predicted octanol–water partition coefficient (Wildman–Crippen LogP) is 3.15. The van der Waals surface area contributed by atoms with Crippen molar-refractivity contribution in [3.05, 3.63) is 76.5 Å². The van der Waals surface area contributed by atoms with E-state index in [1.54, 1.807) is 30.5 Å². The Hall–Kier alpha value is -3.94. The standard InChI is InChI=1S/C23H22N6O2/c1-15(2)11-12-29-23(31)18-8-4-3-7-17(18)21(28-29)22(30)27-25-14-16-13-24-19-9-5-6-10-20(19)26-16/h3-10,13-15H,11-12H2,1-2H3,(H,27,30)/b25-14-. The van der Waals surface area contributed by atoms with Crippen LogP contribution >= 0.6 is 0 Å². The van der Waals surface area contributed by atoms with Gasteiger partial charge in [0.15, 0.2) is 5.69 Å². The van der Waals surface area contributed by atoms with Gasteiger partial charge >= 0.3 is 0 Å². The molecule has 0 saturated carbocycles. The Morgan fingerprint density at radius 3 is 2.58 bits per heavy atom. The minimum absolute atomic E-state index is 0.153. The first-order chi connectivity index (χ1) is 15.0. The lowest BCUT2D eigenvalue weighted by atomic mass is 10.1. The second-order valence-corrected chi connectivity index (χ2v) is 7.59. The number of carbonyl (C=O) groups is 1. The molecule has 0 unspecified atom stereocenters. The molecule has 1 amide bonds. The highest BCUT2D eigenvalue weighted by Gasteiger charge is 2.16. The second kappa shape index (κ2) is 8.83. The van der Waals surface area contributed by atoms with Gasteiger partial charge in [0.2, 0.25) is 0 Å². The number of hydrogen-bond acceptors (Lipinski definition) is 6. The van der Waals surface area contributed by atoms with Gasteiger partial charge in [0, 0.05) is 11.9 Å². The number of hydrogen-bond donors (Lipinski definition) is 1. The molecular formula is C23H22N6O2. The highest BCUT2D eigenvalue weighted by Crippen LogP contribution is 2.14. The van der Waals surface area contributed by atoms with Crippen LogP contribution in [0.25, 0.3) is 21.8 Å². The Morgan fingerprint density at radius 1 is 1.10 bits per heavy atom. The molecule has 0 radical (unpaired) electrons. The molecule has 8 heteroatoms. The third kappa shape index (κ3) is 4.48. The number of amides is 1. The molecule has 0 atom stereocenters. The Kier molecular flexibility index (Phi) is 5.79. The van der Waals surface area contributed by atoms with Crippen LogP contribution in [-0.2, 0) is 6.54 Å². The van der Waals surface area contributed by atoms with Crippen molar-refractivity contribution in [3.8, 4) is 0 Å². The number of aryl methyl sites for hydroxylation is 1. The normalized spacial score (nSPS) is 11.6. The summed E-state index contributed by atoms with van der Waals surface area (Å²) in [6.45, 7) is 4.59. The lowest BCUT2D eigenvalue weighted by molar-refractivity contribution is 0.0949. The molecule has 1 N–H and O–H groups in total. The number of carbonyl (C=O) groups excluding carboxylic acids is 1. The van der Waals surface area contributed by atoms with E-state index in [4.69, 9.17) is 0 Å². The van der Waals surface area contributed by atoms with E-state index in [2.05, 4.69) is 39.4 Å². The number of benzene rings is 2. The van der Waals surface area contributed by atoms with Crippen LogP contribution in [0.5, 0.6) is 0 Å². The monoisotopic (exact) mass is 414 g/mol. The van der Waals surface area contributed by atoms with E-state index < -0.39 is 5.91 Å². The zero-order valence-electron chi connectivity index (χ0n) is 17.3. The number of hydrazone groups is 1. The van der Waals surface area contributed by atoms with E-state index in [0.717, 1.165) is 17.5 Å². The van der Waals surface area contributed by atoms with Crippen LogP contribution in [0.2, 0.25) is 0 Å². The van der Waals surface area contributed by atoms with Crippen molar-refractivity contribution < 1.29 is 4.79 Å². The number of nitrogens with zero attached hydrogens (tertiary/aromatic N) is 5. The van der Waals surface area contributed by atoms with Gasteiger partial charge in [-0.2, -0.15) is 10.2 Å². The summed E-state index contributed by atoms with van der Waals surface area (Å²) in [6, 6.07) is 14.5. The van der Waals surface area contributed by atoms with Crippen LogP contribution in [-0.4, -0.2) is 31.9 Å². The molecule has 156 valence electrons. The van der Waals surface area contributed by atoms with Crippen LogP contribution in [0.15, 0.2) is 64.6 Å². The Morgan fingerprint density at radius 2 is 1.81 bits per heavy atom. The first-order valence-corrected chi connectivity index (χ1v) is 10.1. The summed E-state index contributed by atoms with van der Waals surface area (Å²) in [5, 5.41) is 9.28. The van der Waals surface area contributed by atoms with Gasteiger partial charge in [-0.05, 0) is 30.5 Å². The SMILES string of the molecule is CC(C)CCn1nc(C(=O)N/N=C\c2cnc3ccccc3n2)c2ccccc2c1=O. The molecule has 0 aliphatic carbocycles. The van der Waals surface area contributed by atoms with Gasteiger partial charge < -0.3 is 0 Å². The molecule has 2 heterocycles. The van der Waals surface area contributed by atoms with Gasteiger partial charge in [-0.1, -0.05) is 44.2 Å². The third-order valence-electron chi connectivity index (χ3n) is 4.83. The van der Waals surface area contributed by atoms with Crippen molar-refractivity contribution in [2.45, 2.75) is 26.8 Å². The molecule has 2 aromatic carbocycles. The van der Waals surface area contributed by atoms with Gasteiger partial charge in [0.1, 0.15) is 5.69 Å². The molecule has 31 heavy (non-hydrogen) atoms. The van der Waals surface area contributed by atoms with Crippen molar-refractivity contribution in [1.29, 1.82) is 0 Å². The summed E-state index contributed by atoms with van der Waals surface area (Å²) >= 11 is 0. The third-order valence-corrected chi connectivity index (χ3v) is 4.83. The Balaban J connectivity index is 1.61. The maximum Gasteiger partial charge on any atom is 0.292 e. The molecular weight excluding hydrogens is 392 g/mol. The van der Waals surface area contributed by atoms with Gasteiger partial charge in [0.25, 0.3) is 11.5 Å². The number of para-hydroxylation sites is 2. The highest BCUT2D eigenvalue weighted by molar-refractivity contribution is 6.04. The smallest absolute Gasteiger partial charge is 0.267 e. The molecule has 8 nitrogen and oxygen atoms in total. The fourth-order valence-electron chi connectivity index (χ4n) is 3.18. The summed E-state index contributed by atoms with van der Waals surface area (Å²) in [4.78, 5) is 34.3. The van der Waals surface area contributed by atoms with Crippen molar-refractivity contribution in [2.24, 2.45) is 11.0 Å². The summed E-state index contributed by atoms with van der Waals surface area (Å²) in [5.74, 6) is -0.0930. The van der Waals surface area contributed by atoms with E-state index in [0.29, 0.717) is 28.9 Å². The molecule has 2 aromatic heterocycles. The van der Waals surface area contributed by atoms with E-state index in [1.807, 2.05) is 24.3 Å². The Bertz CT molecular complexity index is 1340. The fourth-order valence-corrected chi connectivity index (χ4v) is 3.18. The molecule has 0 aliphatic rings. The first kappa shape index (κ1) is 20.3. The average molecular weight is 414 g/mol. The quantitative estimate of drug-likeness (QED) is 0.386. The average Bonchev–Trinajstić information content (AvgIpc) is 2.78. The zero-order chi connectivity index (χ0) is 21.8. The highest BCUT2D eigenvalue weighted by atomic mass is 16.2. The van der Waals surface area contributed by atoms with E-state index >= 15 is 0 Å². The molecule has 0 aliphatic heterocycles. The van der Waals surface area contributed by atoms with Gasteiger partial charge in [-0.15, -0.1) is 0 Å². The van der Waals surface area contributed by atoms with Crippen LogP contribution in [0.1, 0.15) is 36.5 Å². The number of nitrogens with one attached hydrogen (secondary N) is 1. The minimum Gasteiger partial charge on any atom is -0.267 e. The minimum atomic E-state index is -0.500. The topological polar surface area (TPSA) is 102 Å². The zero-order valence-corrected chi connectivity index (χ0v) is 17.3. The largest absolute Gasteiger partial charge is 0.292 e. The van der Waals surface area contributed by atoms with Crippen LogP contribution in [0, 0.1) is 5.92 Å². The van der Waals surface area contributed by atoms with Crippen LogP contribution < -0.4 is 11.0 Å². The fraction of sp³-hybridized carbons (Fsp3) is 0.217. The summed E-state index contributed by atoms with van der Waals surface area (Å²) in [6.07, 6.45) is 3.79. The van der Waals surface area contributed by atoms with Crippen molar-refractivity contribution in [2.75, 3.05) is 0 Å².